The highest BCUT2D eigenvalue weighted by Crippen LogP contribution is 2.24. The summed E-state index contributed by atoms with van der Waals surface area (Å²) in [7, 11) is -3.38. The quantitative estimate of drug-likeness (QED) is 0.865. The normalized spacial score (nSPS) is 13.0. The van der Waals surface area contributed by atoms with Gasteiger partial charge in [0.15, 0.2) is 0 Å². The molecule has 0 aliphatic heterocycles. The van der Waals surface area contributed by atoms with Crippen molar-refractivity contribution < 1.29 is 8.42 Å². The summed E-state index contributed by atoms with van der Waals surface area (Å²) in [6, 6.07) is 1.86. The molecule has 0 aliphatic carbocycles. The van der Waals surface area contributed by atoms with Crippen LogP contribution in [0.15, 0.2) is 15.7 Å². The molecular formula is C10H16BrNO2S2. The minimum absolute atomic E-state index is 0.432. The SMILES string of the molecule is CC(C)(C)NS(=O)(=O)c1sccc1CCBr. The van der Waals surface area contributed by atoms with Crippen molar-refractivity contribution in [1.29, 1.82) is 0 Å². The summed E-state index contributed by atoms with van der Waals surface area (Å²) in [6.07, 6.45) is 0.726. The molecule has 0 spiro atoms. The molecule has 6 heteroatoms. The van der Waals surface area contributed by atoms with Gasteiger partial charge in [0, 0.05) is 10.9 Å². The lowest BCUT2D eigenvalue weighted by molar-refractivity contribution is 0.492. The molecule has 1 aromatic rings. The van der Waals surface area contributed by atoms with Crippen LogP contribution in [-0.2, 0) is 16.4 Å². The molecule has 0 bridgehead atoms. The van der Waals surface area contributed by atoms with E-state index < -0.39 is 15.6 Å². The molecule has 0 radical (unpaired) electrons. The van der Waals surface area contributed by atoms with Crippen LogP contribution in [0.25, 0.3) is 0 Å². The smallest absolute Gasteiger partial charge is 0.206 e. The van der Waals surface area contributed by atoms with E-state index in [-0.39, 0.29) is 0 Å². The second-order valence-corrected chi connectivity index (χ2v) is 8.11. The van der Waals surface area contributed by atoms with Gasteiger partial charge in [-0.05, 0) is 44.2 Å². The molecule has 3 nitrogen and oxygen atoms in total. The number of sulfonamides is 1. The number of rotatable bonds is 4. The van der Waals surface area contributed by atoms with E-state index in [4.69, 9.17) is 0 Å². The number of aryl methyl sites for hydroxylation is 1. The van der Waals surface area contributed by atoms with E-state index in [0.29, 0.717) is 4.21 Å². The van der Waals surface area contributed by atoms with E-state index in [9.17, 15) is 8.42 Å². The topological polar surface area (TPSA) is 46.2 Å². The van der Waals surface area contributed by atoms with Gasteiger partial charge in [0.2, 0.25) is 0 Å². The maximum Gasteiger partial charge on any atom is 0.250 e. The Labute approximate surface area is 109 Å². The molecule has 0 saturated carbocycles. The molecule has 1 aromatic heterocycles. The van der Waals surface area contributed by atoms with Crippen LogP contribution in [0.3, 0.4) is 0 Å². The Morgan fingerprint density at radius 3 is 2.56 bits per heavy atom. The fraction of sp³-hybridized carbons (Fsp3) is 0.600. The lowest BCUT2D eigenvalue weighted by Crippen LogP contribution is -2.40. The van der Waals surface area contributed by atoms with Crippen molar-refractivity contribution in [3.05, 3.63) is 17.0 Å². The van der Waals surface area contributed by atoms with Crippen molar-refractivity contribution in [2.24, 2.45) is 0 Å². The van der Waals surface area contributed by atoms with E-state index >= 15 is 0 Å². The monoisotopic (exact) mass is 325 g/mol. The van der Waals surface area contributed by atoms with Crippen molar-refractivity contribution >= 4 is 37.3 Å². The zero-order valence-electron chi connectivity index (χ0n) is 9.58. The summed E-state index contributed by atoms with van der Waals surface area (Å²) in [5.74, 6) is 0. The third-order valence-electron chi connectivity index (χ3n) is 1.75. The average Bonchev–Trinajstić information content (AvgIpc) is 2.48. The van der Waals surface area contributed by atoms with E-state index in [0.717, 1.165) is 17.3 Å². The van der Waals surface area contributed by atoms with Gasteiger partial charge in [-0.1, -0.05) is 15.9 Å². The first-order valence-electron chi connectivity index (χ1n) is 4.92. The standard InChI is InChI=1S/C10H16BrNO2S2/c1-10(2,3)12-16(13,14)9-8(4-6-11)5-7-15-9/h5,7,12H,4,6H2,1-3H3. The molecule has 0 unspecified atom stereocenters. The molecule has 1 heterocycles. The summed E-state index contributed by atoms with van der Waals surface area (Å²) in [5, 5.41) is 2.58. The Balaban J connectivity index is 3.03. The Morgan fingerprint density at radius 2 is 2.06 bits per heavy atom. The van der Waals surface area contributed by atoms with Gasteiger partial charge in [-0.3, -0.25) is 0 Å². The van der Waals surface area contributed by atoms with E-state index in [1.807, 2.05) is 32.2 Å². The number of hydrogen-bond acceptors (Lipinski definition) is 3. The highest BCUT2D eigenvalue weighted by atomic mass is 79.9. The molecule has 16 heavy (non-hydrogen) atoms. The van der Waals surface area contributed by atoms with Crippen LogP contribution in [0.5, 0.6) is 0 Å². The van der Waals surface area contributed by atoms with Crippen molar-refractivity contribution in [3.63, 3.8) is 0 Å². The highest BCUT2D eigenvalue weighted by Gasteiger charge is 2.25. The molecule has 0 aliphatic rings. The number of hydrogen-bond donors (Lipinski definition) is 1. The van der Waals surface area contributed by atoms with Gasteiger partial charge in [-0.25, -0.2) is 13.1 Å². The van der Waals surface area contributed by atoms with Crippen LogP contribution in [0, 0.1) is 0 Å². The molecular weight excluding hydrogens is 310 g/mol. The zero-order chi connectivity index (χ0) is 12.4. The summed E-state index contributed by atoms with van der Waals surface area (Å²) in [6.45, 7) is 5.51. The van der Waals surface area contributed by atoms with E-state index in [1.54, 1.807) is 0 Å². The molecule has 0 saturated heterocycles. The van der Waals surface area contributed by atoms with Crippen LogP contribution in [-0.4, -0.2) is 19.3 Å². The van der Waals surface area contributed by atoms with Crippen molar-refractivity contribution in [1.82, 2.24) is 4.72 Å². The summed E-state index contributed by atoms with van der Waals surface area (Å²) >= 11 is 4.59. The molecule has 1 rings (SSSR count). The first kappa shape index (κ1) is 14.2. The second-order valence-electron chi connectivity index (χ2n) is 4.53. The van der Waals surface area contributed by atoms with Crippen LogP contribution in [0.4, 0.5) is 0 Å². The third kappa shape index (κ3) is 3.84. The number of alkyl halides is 1. The predicted molar refractivity (Wildman–Crippen MR) is 71.9 cm³/mol. The third-order valence-corrected chi connectivity index (χ3v) is 5.48. The Hall–Kier alpha value is 0.0900. The molecule has 92 valence electrons. The fourth-order valence-electron chi connectivity index (χ4n) is 1.29. The van der Waals surface area contributed by atoms with Crippen molar-refractivity contribution in [3.8, 4) is 0 Å². The first-order chi connectivity index (χ1) is 7.26. The summed E-state index contributed by atoms with van der Waals surface area (Å²) in [4.78, 5) is 0. The predicted octanol–water partition coefficient (Wildman–Crippen LogP) is 2.76. The van der Waals surface area contributed by atoms with Crippen molar-refractivity contribution in [2.75, 3.05) is 5.33 Å². The van der Waals surface area contributed by atoms with Gasteiger partial charge in [0.1, 0.15) is 4.21 Å². The van der Waals surface area contributed by atoms with Gasteiger partial charge >= 0.3 is 0 Å². The van der Waals surface area contributed by atoms with Gasteiger partial charge in [0.25, 0.3) is 10.0 Å². The highest BCUT2D eigenvalue weighted by molar-refractivity contribution is 9.09. The minimum atomic E-state index is -3.38. The van der Waals surface area contributed by atoms with Gasteiger partial charge in [-0.15, -0.1) is 11.3 Å². The minimum Gasteiger partial charge on any atom is -0.206 e. The molecule has 0 aromatic carbocycles. The number of halogens is 1. The zero-order valence-corrected chi connectivity index (χ0v) is 12.8. The molecule has 0 fully saturated rings. The average molecular weight is 326 g/mol. The molecule has 0 amide bonds. The van der Waals surface area contributed by atoms with Crippen LogP contribution >= 0.6 is 27.3 Å². The number of thiophene rings is 1. The van der Waals surface area contributed by atoms with Crippen LogP contribution < -0.4 is 4.72 Å². The van der Waals surface area contributed by atoms with Gasteiger partial charge in [0.05, 0.1) is 0 Å². The Kier molecular flexibility index (Phi) is 4.57. The maximum absolute atomic E-state index is 12.1. The first-order valence-corrected chi connectivity index (χ1v) is 8.41. The second kappa shape index (κ2) is 5.16. The lowest BCUT2D eigenvalue weighted by atomic mass is 10.1. The van der Waals surface area contributed by atoms with Crippen LogP contribution in [0.1, 0.15) is 26.3 Å². The van der Waals surface area contributed by atoms with E-state index in [1.165, 1.54) is 11.3 Å². The number of nitrogens with one attached hydrogen (secondary N) is 1. The van der Waals surface area contributed by atoms with Crippen molar-refractivity contribution in [2.45, 2.75) is 36.9 Å². The van der Waals surface area contributed by atoms with Crippen LogP contribution in [0.2, 0.25) is 0 Å². The fourth-order valence-corrected chi connectivity index (χ4v) is 4.61. The Bertz CT molecular complexity index is 446. The van der Waals surface area contributed by atoms with Gasteiger partial charge in [-0.2, -0.15) is 0 Å². The van der Waals surface area contributed by atoms with Gasteiger partial charge < -0.3 is 0 Å². The van der Waals surface area contributed by atoms with E-state index in [2.05, 4.69) is 20.7 Å². The summed E-state index contributed by atoms with van der Waals surface area (Å²) < 4.78 is 27.3. The largest absolute Gasteiger partial charge is 0.250 e. The molecule has 1 N–H and O–H groups in total. The molecule has 0 atom stereocenters. The maximum atomic E-state index is 12.1. The lowest BCUT2D eigenvalue weighted by Gasteiger charge is -2.20. The summed E-state index contributed by atoms with van der Waals surface area (Å²) in [5.41, 5.74) is 0.424. The Morgan fingerprint density at radius 1 is 1.44 bits per heavy atom.